The van der Waals surface area contributed by atoms with Gasteiger partial charge in [0.25, 0.3) is 0 Å². The predicted molar refractivity (Wildman–Crippen MR) is 48.9 cm³/mol. The average Bonchev–Trinajstić information content (AvgIpc) is 2.77. The highest BCUT2D eigenvalue weighted by molar-refractivity contribution is 5.85. The van der Waals surface area contributed by atoms with Crippen LogP contribution in [0, 0.1) is 17.5 Å². The van der Waals surface area contributed by atoms with E-state index in [0.717, 1.165) is 12.1 Å². The molecule has 1 fully saturated rings. The molecule has 0 radical (unpaired) electrons. The van der Waals surface area contributed by atoms with Crippen molar-refractivity contribution in [2.24, 2.45) is 5.73 Å². The highest BCUT2D eigenvalue weighted by Gasteiger charge is 2.35. The molecule has 1 aromatic rings. The zero-order valence-corrected chi connectivity index (χ0v) is 7.95. The Bertz CT molecular complexity index is 333. The zero-order valence-electron chi connectivity index (χ0n) is 7.14. The maximum absolute atomic E-state index is 12.7. The van der Waals surface area contributed by atoms with Gasteiger partial charge in [0.15, 0.2) is 17.5 Å². The monoisotopic (exact) mass is 223 g/mol. The molecule has 0 aromatic heterocycles. The molecule has 5 heteroatoms. The van der Waals surface area contributed by atoms with Gasteiger partial charge in [0.1, 0.15) is 0 Å². The Morgan fingerprint density at radius 1 is 1.14 bits per heavy atom. The van der Waals surface area contributed by atoms with Crippen LogP contribution in [0.1, 0.15) is 17.9 Å². The summed E-state index contributed by atoms with van der Waals surface area (Å²) in [5, 5.41) is 0. The molecule has 0 saturated heterocycles. The summed E-state index contributed by atoms with van der Waals surface area (Å²) in [4.78, 5) is 0. The molecule has 2 rings (SSSR count). The fourth-order valence-electron chi connectivity index (χ4n) is 1.39. The van der Waals surface area contributed by atoms with Crippen LogP contribution >= 0.6 is 12.4 Å². The molecule has 2 N–H and O–H groups in total. The molecule has 0 bridgehead atoms. The second-order valence-corrected chi connectivity index (χ2v) is 3.30. The molecule has 1 aliphatic rings. The van der Waals surface area contributed by atoms with Gasteiger partial charge in [-0.25, -0.2) is 13.2 Å². The van der Waals surface area contributed by atoms with Crippen molar-refractivity contribution >= 4 is 12.4 Å². The Balaban J connectivity index is 0.000000980. The van der Waals surface area contributed by atoms with Gasteiger partial charge >= 0.3 is 0 Å². The van der Waals surface area contributed by atoms with Gasteiger partial charge in [-0.15, -0.1) is 12.4 Å². The third kappa shape index (κ3) is 1.86. The third-order valence-electron chi connectivity index (χ3n) is 2.27. The van der Waals surface area contributed by atoms with Crippen molar-refractivity contribution in [3.8, 4) is 0 Å². The van der Waals surface area contributed by atoms with Gasteiger partial charge < -0.3 is 5.73 Å². The van der Waals surface area contributed by atoms with Gasteiger partial charge in [0.05, 0.1) is 0 Å². The van der Waals surface area contributed by atoms with Crippen molar-refractivity contribution in [3.05, 3.63) is 35.1 Å². The van der Waals surface area contributed by atoms with Crippen molar-refractivity contribution in [1.29, 1.82) is 0 Å². The quantitative estimate of drug-likeness (QED) is 0.727. The molecule has 0 amide bonds. The molecule has 78 valence electrons. The maximum atomic E-state index is 12.7. The van der Waals surface area contributed by atoms with Crippen molar-refractivity contribution in [3.63, 3.8) is 0 Å². The molecule has 1 saturated carbocycles. The van der Waals surface area contributed by atoms with E-state index in [1.807, 2.05) is 0 Å². The summed E-state index contributed by atoms with van der Waals surface area (Å²) < 4.78 is 37.9. The van der Waals surface area contributed by atoms with Crippen LogP contribution in [0.25, 0.3) is 0 Å². The number of benzene rings is 1. The molecular formula is C9H9ClF3N. The molecule has 1 nitrogen and oxygen atoms in total. The zero-order chi connectivity index (χ0) is 9.59. The first-order chi connectivity index (χ1) is 6.09. The van der Waals surface area contributed by atoms with Crippen LogP contribution in [0.2, 0.25) is 0 Å². The van der Waals surface area contributed by atoms with Crippen molar-refractivity contribution in [2.45, 2.75) is 18.4 Å². The second kappa shape index (κ2) is 3.79. The van der Waals surface area contributed by atoms with Gasteiger partial charge in [-0.2, -0.15) is 0 Å². The Morgan fingerprint density at radius 2 is 1.57 bits per heavy atom. The third-order valence-corrected chi connectivity index (χ3v) is 2.27. The van der Waals surface area contributed by atoms with Crippen LogP contribution in [0.15, 0.2) is 12.1 Å². The van der Waals surface area contributed by atoms with E-state index in [1.165, 1.54) is 0 Å². The molecule has 1 aliphatic carbocycles. The first kappa shape index (κ1) is 11.3. The van der Waals surface area contributed by atoms with Crippen LogP contribution in [0.3, 0.4) is 0 Å². The number of hydrogen-bond donors (Lipinski definition) is 1. The minimum Gasteiger partial charge on any atom is -0.327 e. The van der Waals surface area contributed by atoms with Crippen LogP contribution in [-0.4, -0.2) is 6.04 Å². The van der Waals surface area contributed by atoms with E-state index in [1.54, 1.807) is 0 Å². The molecule has 0 heterocycles. The predicted octanol–water partition coefficient (Wildman–Crippen LogP) is 2.34. The summed E-state index contributed by atoms with van der Waals surface area (Å²) in [6.45, 7) is 0. The Labute approximate surface area is 85.5 Å². The van der Waals surface area contributed by atoms with Gasteiger partial charge in [-0.3, -0.25) is 0 Å². The lowest BCUT2D eigenvalue weighted by molar-refractivity contribution is 0.445. The molecule has 1 aromatic carbocycles. The van der Waals surface area contributed by atoms with Crippen LogP contribution in [0.5, 0.6) is 0 Å². The molecule has 0 unspecified atom stereocenters. The van der Waals surface area contributed by atoms with E-state index in [9.17, 15) is 13.2 Å². The second-order valence-electron chi connectivity index (χ2n) is 3.30. The fourth-order valence-corrected chi connectivity index (χ4v) is 1.39. The van der Waals surface area contributed by atoms with E-state index in [-0.39, 0.29) is 24.4 Å². The van der Waals surface area contributed by atoms with Crippen LogP contribution in [0.4, 0.5) is 13.2 Å². The topological polar surface area (TPSA) is 26.0 Å². The van der Waals surface area contributed by atoms with Crippen LogP contribution < -0.4 is 5.73 Å². The Morgan fingerprint density at radius 3 is 1.93 bits per heavy atom. The van der Waals surface area contributed by atoms with E-state index in [4.69, 9.17) is 5.73 Å². The summed E-state index contributed by atoms with van der Waals surface area (Å²) in [6.07, 6.45) is 0.713. The average molecular weight is 224 g/mol. The van der Waals surface area contributed by atoms with Gasteiger partial charge in [-0.05, 0) is 24.1 Å². The lowest BCUT2D eigenvalue weighted by Crippen LogP contribution is -2.02. The van der Waals surface area contributed by atoms with Gasteiger partial charge in [-0.1, -0.05) is 0 Å². The Hall–Kier alpha value is -0.740. The summed E-state index contributed by atoms with van der Waals surface area (Å²) in [5.74, 6) is -3.72. The van der Waals surface area contributed by atoms with E-state index >= 15 is 0 Å². The fraction of sp³-hybridized carbons (Fsp3) is 0.333. The van der Waals surface area contributed by atoms with E-state index < -0.39 is 17.5 Å². The van der Waals surface area contributed by atoms with Crippen LogP contribution in [-0.2, 0) is 0 Å². The molecule has 2 atom stereocenters. The SMILES string of the molecule is Cl.N[C@@H]1C[C@H]1c1cc(F)c(F)c(F)c1. The van der Waals surface area contributed by atoms with E-state index in [0.29, 0.717) is 12.0 Å². The summed E-state index contributed by atoms with van der Waals surface area (Å²) >= 11 is 0. The number of nitrogens with two attached hydrogens (primary N) is 1. The summed E-state index contributed by atoms with van der Waals surface area (Å²) in [5.41, 5.74) is 5.95. The van der Waals surface area contributed by atoms with Crippen molar-refractivity contribution < 1.29 is 13.2 Å². The van der Waals surface area contributed by atoms with Gasteiger partial charge in [0, 0.05) is 12.0 Å². The minimum absolute atomic E-state index is 0. The highest BCUT2D eigenvalue weighted by atomic mass is 35.5. The normalized spacial score (nSPS) is 24.3. The van der Waals surface area contributed by atoms with Crippen molar-refractivity contribution in [2.75, 3.05) is 0 Å². The lowest BCUT2D eigenvalue weighted by Gasteiger charge is -2.00. The molecule has 0 aliphatic heterocycles. The van der Waals surface area contributed by atoms with E-state index in [2.05, 4.69) is 0 Å². The minimum atomic E-state index is -1.42. The van der Waals surface area contributed by atoms with Crippen molar-refractivity contribution in [1.82, 2.24) is 0 Å². The maximum Gasteiger partial charge on any atom is 0.194 e. The number of halogens is 4. The Kier molecular flexibility index (Phi) is 3.07. The summed E-state index contributed by atoms with van der Waals surface area (Å²) in [7, 11) is 0. The first-order valence-corrected chi connectivity index (χ1v) is 3.99. The lowest BCUT2D eigenvalue weighted by atomic mass is 10.1. The largest absolute Gasteiger partial charge is 0.327 e. The van der Waals surface area contributed by atoms with Gasteiger partial charge in [0.2, 0.25) is 0 Å². The molecule has 0 spiro atoms. The summed E-state index contributed by atoms with van der Waals surface area (Å²) in [6, 6.07) is 1.98. The standard InChI is InChI=1S/C9H8F3N.ClH/c10-6-1-4(5-3-8(5)13)2-7(11)9(6)12;/h1-2,5,8H,3,13H2;1H/t5-,8+;/m0./s1. The number of hydrogen-bond acceptors (Lipinski definition) is 1. The highest BCUT2D eigenvalue weighted by Crippen LogP contribution is 2.39. The smallest absolute Gasteiger partial charge is 0.194 e. The molecule has 14 heavy (non-hydrogen) atoms. The number of rotatable bonds is 1. The first-order valence-electron chi connectivity index (χ1n) is 3.99. The molecular weight excluding hydrogens is 215 g/mol.